The van der Waals surface area contributed by atoms with E-state index in [1.54, 1.807) is 0 Å². The molecule has 1 fully saturated rings. The van der Waals surface area contributed by atoms with Crippen LogP contribution in [0.15, 0.2) is 24.3 Å². The highest BCUT2D eigenvalue weighted by Crippen LogP contribution is 2.31. The molecule has 0 aromatic heterocycles. The summed E-state index contributed by atoms with van der Waals surface area (Å²) in [6, 6.07) is 7.70. The van der Waals surface area contributed by atoms with Crippen molar-refractivity contribution in [1.82, 2.24) is 5.32 Å². The normalized spacial score (nSPS) is 17.1. The number of hydrogen-bond acceptors (Lipinski definition) is 3. The van der Waals surface area contributed by atoms with Crippen LogP contribution < -0.4 is 11.1 Å². The fraction of sp³-hybridized carbons (Fsp3) is 0.579. The van der Waals surface area contributed by atoms with Crippen LogP contribution in [-0.2, 0) is 14.9 Å². The fourth-order valence-electron chi connectivity index (χ4n) is 3.31. The Labute approximate surface area is 143 Å². The number of ether oxygens (including phenoxy) is 1. The Hall–Kier alpha value is -2.04. The minimum absolute atomic E-state index is 0.145. The van der Waals surface area contributed by atoms with Crippen molar-refractivity contribution in [3.05, 3.63) is 35.4 Å². The zero-order valence-electron chi connectivity index (χ0n) is 14.8. The molecule has 1 aliphatic carbocycles. The molecule has 0 saturated heterocycles. The molecule has 132 valence electrons. The Morgan fingerprint density at radius 2 is 1.79 bits per heavy atom. The molecule has 0 aliphatic heterocycles. The Balaban J connectivity index is 2.28. The predicted molar refractivity (Wildman–Crippen MR) is 93.6 cm³/mol. The minimum Gasteiger partial charge on any atom is -0.431 e. The highest BCUT2D eigenvalue weighted by Gasteiger charge is 2.31. The molecule has 5 nitrogen and oxygen atoms in total. The number of hydrogen-bond donors (Lipinski definition) is 2. The lowest BCUT2D eigenvalue weighted by Crippen LogP contribution is -2.41. The van der Waals surface area contributed by atoms with Gasteiger partial charge in [0, 0.05) is 11.6 Å². The van der Waals surface area contributed by atoms with Gasteiger partial charge >= 0.3 is 6.09 Å². The van der Waals surface area contributed by atoms with E-state index in [4.69, 9.17) is 10.5 Å². The van der Waals surface area contributed by atoms with Crippen LogP contribution in [0, 0.1) is 0 Å². The quantitative estimate of drug-likeness (QED) is 0.884. The van der Waals surface area contributed by atoms with Crippen molar-refractivity contribution in [2.75, 3.05) is 0 Å². The number of amides is 2. The van der Waals surface area contributed by atoms with Gasteiger partial charge in [-0.25, -0.2) is 4.79 Å². The van der Waals surface area contributed by atoms with Crippen molar-refractivity contribution in [1.29, 1.82) is 0 Å². The molecule has 2 amide bonds. The number of rotatable bonds is 4. The molecule has 3 N–H and O–H groups in total. The molecular weight excluding hydrogens is 304 g/mol. The Morgan fingerprint density at radius 3 is 2.38 bits per heavy atom. The van der Waals surface area contributed by atoms with Crippen LogP contribution in [-0.4, -0.2) is 18.0 Å². The third kappa shape index (κ3) is 4.73. The highest BCUT2D eigenvalue weighted by molar-refractivity contribution is 5.85. The lowest BCUT2D eigenvalue weighted by atomic mass is 9.82. The average Bonchev–Trinajstić information content (AvgIpc) is 2.52. The molecule has 1 unspecified atom stereocenters. The Kier molecular flexibility index (Phi) is 5.86. The highest BCUT2D eigenvalue weighted by atomic mass is 16.6. The molecule has 2 rings (SSSR count). The summed E-state index contributed by atoms with van der Waals surface area (Å²) in [5.74, 6) is -0.294. The van der Waals surface area contributed by atoms with Gasteiger partial charge in [0.25, 0.3) is 5.91 Å². The van der Waals surface area contributed by atoms with E-state index in [-0.39, 0.29) is 17.4 Å². The van der Waals surface area contributed by atoms with Crippen molar-refractivity contribution in [2.24, 2.45) is 5.73 Å². The molecule has 1 aromatic rings. The maximum absolute atomic E-state index is 12.8. The van der Waals surface area contributed by atoms with Gasteiger partial charge in [0.15, 0.2) is 0 Å². The summed E-state index contributed by atoms with van der Waals surface area (Å²) in [4.78, 5) is 24.1. The lowest BCUT2D eigenvalue weighted by molar-refractivity contribution is -0.130. The van der Waals surface area contributed by atoms with Crippen LogP contribution in [0.3, 0.4) is 0 Å². The smallest absolute Gasteiger partial charge is 0.405 e. The number of primary amides is 1. The summed E-state index contributed by atoms with van der Waals surface area (Å²) in [7, 11) is 0. The van der Waals surface area contributed by atoms with E-state index in [9.17, 15) is 9.59 Å². The molecule has 0 radical (unpaired) electrons. The van der Waals surface area contributed by atoms with E-state index in [2.05, 4.69) is 26.1 Å². The molecule has 5 heteroatoms. The largest absolute Gasteiger partial charge is 0.431 e. The van der Waals surface area contributed by atoms with Crippen molar-refractivity contribution < 1.29 is 14.3 Å². The van der Waals surface area contributed by atoms with E-state index in [1.807, 2.05) is 24.3 Å². The van der Waals surface area contributed by atoms with E-state index < -0.39 is 12.2 Å². The maximum Gasteiger partial charge on any atom is 0.405 e. The van der Waals surface area contributed by atoms with Gasteiger partial charge in [-0.1, -0.05) is 64.3 Å². The number of carbonyl (C=O) groups excluding carboxylic acids is 2. The Morgan fingerprint density at radius 1 is 1.17 bits per heavy atom. The van der Waals surface area contributed by atoms with E-state index in [0.717, 1.165) is 31.2 Å². The van der Waals surface area contributed by atoms with Gasteiger partial charge in [-0.3, -0.25) is 4.79 Å². The van der Waals surface area contributed by atoms with Gasteiger partial charge < -0.3 is 15.8 Å². The summed E-state index contributed by atoms with van der Waals surface area (Å²) in [5, 5.41) is 3.03. The Bertz CT molecular complexity index is 587. The molecule has 0 heterocycles. The van der Waals surface area contributed by atoms with E-state index in [1.165, 1.54) is 6.42 Å². The molecule has 0 bridgehead atoms. The molecule has 1 aromatic carbocycles. The first-order valence-electron chi connectivity index (χ1n) is 8.65. The van der Waals surface area contributed by atoms with Gasteiger partial charge in [0.2, 0.25) is 6.10 Å². The monoisotopic (exact) mass is 332 g/mol. The SMILES string of the molecule is CC(C)(C)c1ccccc1C(OC(N)=O)C(=O)NC1CCCCC1. The standard InChI is InChI=1S/C19H28N2O3/c1-19(2,3)15-12-8-7-11-14(15)16(24-18(20)23)17(22)21-13-9-5-4-6-10-13/h7-8,11-13,16H,4-6,9-10H2,1-3H3,(H2,20,23)(H,21,22). The minimum atomic E-state index is -1.01. The number of nitrogens with two attached hydrogens (primary N) is 1. The molecule has 0 spiro atoms. The molecule has 24 heavy (non-hydrogen) atoms. The molecule has 1 aliphatic rings. The maximum atomic E-state index is 12.8. The molecular formula is C19H28N2O3. The number of benzene rings is 1. The topological polar surface area (TPSA) is 81.4 Å². The molecule has 1 atom stereocenters. The first kappa shape index (κ1) is 18.3. The zero-order chi connectivity index (χ0) is 17.7. The van der Waals surface area contributed by atoms with Crippen molar-refractivity contribution in [3.63, 3.8) is 0 Å². The third-order valence-electron chi connectivity index (χ3n) is 4.47. The molecule has 1 saturated carbocycles. The van der Waals surface area contributed by atoms with E-state index in [0.29, 0.717) is 5.56 Å². The fourth-order valence-corrected chi connectivity index (χ4v) is 3.31. The number of nitrogens with one attached hydrogen (secondary N) is 1. The summed E-state index contributed by atoms with van der Waals surface area (Å²) in [5.41, 5.74) is 6.70. The first-order chi connectivity index (χ1) is 11.3. The number of carbonyl (C=O) groups is 2. The van der Waals surface area contributed by atoms with Crippen LogP contribution in [0.5, 0.6) is 0 Å². The summed E-state index contributed by atoms with van der Waals surface area (Å²) >= 11 is 0. The van der Waals surface area contributed by atoms with Gasteiger partial charge in [-0.2, -0.15) is 0 Å². The van der Waals surface area contributed by atoms with Crippen LogP contribution >= 0.6 is 0 Å². The zero-order valence-corrected chi connectivity index (χ0v) is 14.8. The van der Waals surface area contributed by atoms with E-state index >= 15 is 0 Å². The van der Waals surface area contributed by atoms with Crippen LogP contribution in [0.1, 0.15) is 70.1 Å². The predicted octanol–water partition coefficient (Wildman–Crippen LogP) is 3.57. The van der Waals surface area contributed by atoms with Crippen molar-refractivity contribution in [3.8, 4) is 0 Å². The second-order valence-electron chi connectivity index (χ2n) is 7.50. The van der Waals surface area contributed by atoms with Crippen LogP contribution in [0.25, 0.3) is 0 Å². The van der Waals surface area contributed by atoms with Crippen molar-refractivity contribution in [2.45, 2.75) is 70.4 Å². The van der Waals surface area contributed by atoms with Crippen molar-refractivity contribution >= 4 is 12.0 Å². The summed E-state index contributed by atoms with van der Waals surface area (Å²) < 4.78 is 5.20. The second kappa shape index (κ2) is 7.69. The summed E-state index contributed by atoms with van der Waals surface area (Å²) in [6.45, 7) is 6.19. The van der Waals surface area contributed by atoms with Gasteiger partial charge in [0.1, 0.15) is 0 Å². The average molecular weight is 332 g/mol. The summed E-state index contributed by atoms with van der Waals surface area (Å²) in [6.07, 6.45) is 3.42. The van der Waals surface area contributed by atoms with Gasteiger partial charge in [-0.15, -0.1) is 0 Å². The second-order valence-corrected chi connectivity index (χ2v) is 7.50. The van der Waals surface area contributed by atoms with Gasteiger partial charge in [0.05, 0.1) is 0 Å². The van der Waals surface area contributed by atoms with Crippen LogP contribution in [0.4, 0.5) is 4.79 Å². The van der Waals surface area contributed by atoms with Gasteiger partial charge in [-0.05, 0) is 23.8 Å². The van der Waals surface area contributed by atoms with Crippen LogP contribution in [0.2, 0.25) is 0 Å². The first-order valence-corrected chi connectivity index (χ1v) is 8.65. The third-order valence-corrected chi connectivity index (χ3v) is 4.47. The lowest BCUT2D eigenvalue weighted by Gasteiger charge is -2.29.